The molecule has 0 fully saturated rings. The van der Waals surface area contributed by atoms with Gasteiger partial charge < -0.3 is 10.1 Å². The van der Waals surface area contributed by atoms with Crippen molar-refractivity contribution in [3.63, 3.8) is 0 Å². The summed E-state index contributed by atoms with van der Waals surface area (Å²) in [5.74, 6) is -1.37. The predicted molar refractivity (Wildman–Crippen MR) is 95.8 cm³/mol. The van der Waals surface area contributed by atoms with Crippen molar-refractivity contribution < 1.29 is 22.7 Å². The number of hydrogen-bond donors (Lipinski definition) is 1. The Bertz CT molecular complexity index is 898. The second kappa shape index (κ2) is 8.54. The van der Waals surface area contributed by atoms with Crippen LogP contribution in [0.5, 0.6) is 0 Å². The van der Waals surface area contributed by atoms with Gasteiger partial charge in [-0.25, -0.2) is 13.2 Å². The lowest BCUT2D eigenvalue weighted by Crippen LogP contribution is -2.35. The van der Waals surface area contributed by atoms with Gasteiger partial charge in [0.15, 0.2) is 5.00 Å². The molecule has 0 aliphatic heterocycles. The number of anilines is 1. The fourth-order valence-corrected chi connectivity index (χ4v) is 3.67. The van der Waals surface area contributed by atoms with Crippen molar-refractivity contribution in [2.24, 2.45) is 0 Å². The molecule has 1 aromatic heterocycles. The quantitative estimate of drug-likeness (QED) is 0.678. The summed E-state index contributed by atoms with van der Waals surface area (Å²) in [6, 6.07) is 5.57. The number of carbonyl (C=O) groups excluding carboxylic acids is 2. The van der Waals surface area contributed by atoms with E-state index in [1.54, 1.807) is 6.92 Å². The van der Waals surface area contributed by atoms with Gasteiger partial charge >= 0.3 is 5.97 Å². The average Bonchev–Trinajstić information content (AvgIpc) is 3.03. The summed E-state index contributed by atoms with van der Waals surface area (Å²) in [4.78, 5) is 23.9. The van der Waals surface area contributed by atoms with E-state index in [1.165, 1.54) is 31.3 Å². The van der Waals surface area contributed by atoms with Crippen molar-refractivity contribution in [1.82, 2.24) is 13.9 Å². The van der Waals surface area contributed by atoms with Crippen LogP contribution in [-0.4, -0.2) is 54.4 Å². The molecule has 0 radical (unpaired) electrons. The van der Waals surface area contributed by atoms with Crippen molar-refractivity contribution in [2.45, 2.75) is 11.8 Å². The van der Waals surface area contributed by atoms with Crippen molar-refractivity contribution in [2.75, 3.05) is 25.5 Å². The number of rotatable bonds is 7. The summed E-state index contributed by atoms with van der Waals surface area (Å²) in [6.45, 7) is 1.31. The van der Waals surface area contributed by atoms with Crippen molar-refractivity contribution in [3.8, 4) is 0 Å². The van der Waals surface area contributed by atoms with E-state index in [1.807, 2.05) is 0 Å². The Labute approximate surface area is 159 Å². The summed E-state index contributed by atoms with van der Waals surface area (Å²) < 4.78 is 34.2. The maximum Gasteiger partial charge on any atom is 0.362 e. The number of aromatic nitrogens is 2. The number of benzene rings is 1. The number of sulfonamides is 1. The number of carbonyl (C=O) groups is 2. The summed E-state index contributed by atoms with van der Waals surface area (Å²) in [6.07, 6.45) is 0. The van der Waals surface area contributed by atoms with Crippen molar-refractivity contribution >= 4 is 50.0 Å². The SMILES string of the molecule is CCOC(=O)c1nnsc1NC(=O)CN(C)S(=O)(=O)c1ccc(Cl)cc1. The molecule has 1 N–H and O–H groups in total. The normalized spacial score (nSPS) is 11.4. The van der Waals surface area contributed by atoms with Gasteiger partial charge in [0, 0.05) is 23.6 Å². The molecule has 0 aliphatic carbocycles. The summed E-state index contributed by atoms with van der Waals surface area (Å²) in [5, 5.41) is 6.51. The number of ether oxygens (including phenoxy) is 1. The third-order valence-corrected chi connectivity index (χ3v) is 5.81. The number of nitrogens with zero attached hydrogens (tertiary/aromatic N) is 3. The second-order valence-corrected chi connectivity index (χ2v) is 8.17. The Morgan fingerprint density at radius 3 is 2.58 bits per heavy atom. The lowest BCUT2D eigenvalue weighted by Gasteiger charge is -2.16. The maximum absolute atomic E-state index is 12.4. The fraction of sp³-hybridized carbons (Fsp3) is 0.286. The van der Waals surface area contributed by atoms with Gasteiger partial charge in [-0.3, -0.25) is 4.79 Å². The summed E-state index contributed by atoms with van der Waals surface area (Å²) in [7, 11) is -2.61. The first-order valence-corrected chi connectivity index (χ1v) is 9.86. The Hall–Kier alpha value is -2.08. The highest BCUT2D eigenvalue weighted by atomic mass is 35.5. The van der Waals surface area contributed by atoms with E-state index in [9.17, 15) is 18.0 Å². The third-order valence-electron chi connectivity index (χ3n) is 3.10. The second-order valence-electron chi connectivity index (χ2n) is 4.93. The standard InChI is InChI=1S/C14H15ClN4O5S2/c1-3-24-14(21)12-13(25-18-17-12)16-11(20)8-19(2)26(22,23)10-6-4-9(15)5-7-10/h4-7H,3,8H2,1-2H3,(H,16,20). The van der Waals surface area contributed by atoms with Gasteiger partial charge in [-0.2, -0.15) is 4.31 Å². The molecule has 2 aromatic rings. The molecule has 1 heterocycles. The Morgan fingerprint density at radius 1 is 1.31 bits per heavy atom. The van der Waals surface area contributed by atoms with E-state index in [0.29, 0.717) is 5.02 Å². The van der Waals surface area contributed by atoms with Crippen LogP contribution in [0.1, 0.15) is 17.4 Å². The highest BCUT2D eigenvalue weighted by Gasteiger charge is 2.25. The highest BCUT2D eigenvalue weighted by molar-refractivity contribution is 7.89. The molecule has 1 amide bonds. The molecule has 0 saturated carbocycles. The first kappa shape index (κ1) is 20.2. The van der Waals surface area contributed by atoms with Crippen LogP contribution >= 0.6 is 23.1 Å². The summed E-state index contributed by atoms with van der Waals surface area (Å²) >= 11 is 6.54. The topological polar surface area (TPSA) is 119 Å². The van der Waals surface area contributed by atoms with Crippen LogP contribution in [0.25, 0.3) is 0 Å². The molecule has 12 heteroatoms. The van der Waals surface area contributed by atoms with E-state index < -0.39 is 28.4 Å². The van der Waals surface area contributed by atoms with Crippen molar-refractivity contribution in [3.05, 3.63) is 35.0 Å². The van der Waals surface area contributed by atoms with Crippen molar-refractivity contribution in [1.29, 1.82) is 0 Å². The fourth-order valence-electron chi connectivity index (χ4n) is 1.85. The largest absolute Gasteiger partial charge is 0.461 e. The molecule has 26 heavy (non-hydrogen) atoms. The zero-order chi connectivity index (χ0) is 19.3. The molecule has 0 aliphatic rings. The lowest BCUT2D eigenvalue weighted by molar-refractivity contribution is -0.116. The molecule has 140 valence electrons. The van der Waals surface area contributed by atoms with Gasteiger partial charge in [0.2, 0.25) is 21.6 Å². The molecule has 2 rings (SSSR count). The van der Waals surface area contributed by atoms with Gasteiger partial charge in [0.05, 0.1) is 18.0 Å². The number of nitrogens with one attached hydrogen (secondary N) is 1. The Kier molecular flexibility index (Phi) is 6.64. The monoisotopic (exact) mass is 418 g/mol. The molecular formula is C14H15ClN4O5S2. The molecular weight excluding hydrogens is 404 g/mol. The van der Waals surface area contributed by atoms with Gasteiger partial charge in [0.1, 0.15) is 0 Å². The molecule has 0 atom stereocenters. The zero-order valence-corrected chi connectivity index (χ0v) is 16.2. The van der Waals surface area contributed by atoms with Crippen LogP contribution in [-0.2, 0) is 19.6 Å². The third kappa shape index (κ3) is 4.75. The molecule has 0 unspecified atom stereocenters. The van der Waals surface area contributed by atoms with Gasteiger partial charge in [-0.05, 0) is 31.2 Å². The van der Waals surface area contributed by atoms with Gasteiger partial charge in [0.25, 0.3) is 0 Å². The number of amides is 1. The van der Waals surface area contributed by atoms with Crippen LogP contribution in [0.2, 0.25) is 5.02 Å². The first-order chi connectivity index (χ1) is 12.3. The number of halogens is 1. The van der Waals surface area contributed by atoms with E-state index in [-0.39, 0.29) is 22.2 Å². The van der Waals surface area contributed by atoms with E-state index in [0.717, 1.165) is 15.8 Å². The minimum absolute atomic E-state index is 0.00358. The molecule has 0 bridgehead atoms. The number of hydrogen-bond acceptors (Lipinski definition) is 8. The molecule has 0 spiro atoms. The number of esters is 1. The highest BCUT2D eigenvalue weighted by Crippen LogP contribution is 2.20. The van der Waals surface area contributed by atoms with Crippen LogP contribution in [0.3, 0.4) is 0 Å². The zero-order valence-electron chi connectivity index (χ0n) is 13.8. The van der Waals surface area contributed by atoms with Gasteiger partial charge in [-0.1, -0.05) is 16.1 Å². The molecule has 0 saturated heterocycles. The minimum Gasteiger partial charge on any atom is -0.461 e. The smallest absolute Gasteiger partial charge is 0.362 e. The Balaban J connectivity index is 2.07. The van der Waals surface area contributed by atoms with Crippen LogP contribution < -0.4 is 5.32 Å². The lowest BCUT2D eigenvalue weighted by atomic mass is 10.4. The van der Waals surface area contributed by atoms with E-state index in [4.69, 9.17) is 16.3 Å². The summed E-state index contributed by atoms with van der Waals surface area (Å²) in [5.41, 5.74) is -0.131. The van der Waals surface area contributed by atoms with E-state index in [2.05, 4.69) is 14.9 Å². The molecule has 9 nitrogen and oxygen atoms in total. The minimum atomic E-state index is -3.87. The van der Waals surface area contributed by atoms with Gasteiger partial charge in [-0.15, -0.1) is 5.10 Å². The van der Waals surface area contributed by atoms with Crippen LogP contribution in [0.15, 0.2) is 29.2 Å². The van der Waals surface area contributed by atoms with E-state index >= 15 is 0 Å². The first-order valence-electron chi connectivity index (χ1n) is 7.27. The number of likely N-dealkylation sites (N-methyl/N-ethyl adjacent to an activating group) is 1. The Morgan fingerprint density at radius 2 is 1.96 bits per heavy atom. The van der Waals surface area contributed by atoms with Crippen LogP contribution in [0, 0.1) is 0 Å². The molecule has 1 aromatic carbocycles. The average molecular weight is 419 g/mol. The maximum atomic E-state index is 12.4. The van der Waals surface area contributed by atoms with Crippen LogP contribution in [0.4, 0.5) is 5.00 Å². The predicted octanol–water partition coefficient (Wildman–Crippen LogP) is 1.63.